The van der Waals surface area contributed by atoms with E-state index in [2.05, 4.69) is 5.32 Å². The van der Waals surface area contributed by atoms with Gasteiger partial charge in [0.05, 0.1) is 6.10 Å². The van der Waals surface area contributed by atoms with Crippen LogP contribution in [0.2, 0.25) is 0 Å². The average Bonchev–Trinajstić information content (AvgIpc) is 2.31. The fourth-order valence-corrected chi connectivity index (χ4v) is 1.86. The number of carboxylic acid groups (broad SMARTS) is 1. The summed E-state index contributed by atoms with van der Waals surface area (Å²) in [6.45, 7) is 2.30. The van der Waals surface area contributed by atoms with E-state index in [-0.39, 0.29) is 25.5 Å². The van der Waals surface area contributed by atoms with Crippen molar-refractivity contribution in [3.05, 3.63) is 0 Å². The van der Waals surface area contributed by atoms with E-state index in [1.165, 1.54) is 4.90 Å². The van der Waals surface area contributed by atoms with Gasteiger partial charge in [0.2, 0.25) is 0 Å². The van der Waals surface area contributed by atoms with Crippen LogP contribution in [-0.4, -0.2) is 64.1 Å². The van der Waals surface area contributed by atoms with E-state index >= 15 is 0 Å². The summed E-state index contributed by atoms with van der Waals surface area (Å²) >= 11 is 0. The Kier molecular flexibility index (Phi) is 5.36. The first-order valence-electron chi connectivity index (χ1n) is 6.03. The number of rotatable bonds is 4. The van der Waals surface area contributed by atoms with Gasteiger partial charge in [-0.05, 0) is 12.3 Å². The van der Waals surface area contributed by atoms with E-state index in [9.17, 15) is 14.7 Å². The molecule has 0 aromatic heterocycles. The standard InChI is InChI=1S/C11H20N2O5/c1-7-2-4-13(6-9(7)15)11(18)12-8(3-5-14)10(16)17/h7-9,14-15H,2-6H2,1H3,(H,12,18)(H,16,17). The number of aliphatic hydroxyl groups is 2. The number of likely N-dealkylation sites (tertiary alicyclic amines) is 1. The number of aliphatic carboxylic acids is 1. The van der Waals surface area contributed by atoms with E-state index in [1.807, 2.05) is 6.92 Å². The molecule has 1 aliphatic heterocycles. The summed E-state index contributed by atoms with van der Waals surface area (Å²) in [6, 6.07) is -1.61. The van der Waals surface area contributed by atoms with E-state index in [1.54, 1.807) is 0 Å². The van der Waals surface area contributed by atoms with Crippen LogP contribution < -0.4 is 5.32 Å². The third-order valence-corrected chi connectivity index (χ3v) is 3.22. The largest absolute Gasteiger partial charge is 0.480 e. The second kappa shape index (κ2) is 6.55. The van der Waals surface area contributed by atoms with E-state index < -0.39 is 24.1 Å². The Labute approximate surface area is 105 Å². The summed E-state index contributed by atoms with van der Waals surface area (Å²) in [5.74, 6) is -1.04. The molecule has 3 unspecified atom stereocenters. The third kappa shape index (κ3) is 3.85. The zero-order valence-corrected chi connectivity index (χ0v) is 10.4. The summed E-state index contributed by atoms with van der Waals surface area (Å²) < 4.78 is 0. The van der Waals surface area contributed by atoms with Crippen molar-refractivity contribution in [2.45, 2.75) is 31.9 Å². The quantitative estimate of drug-likeness (QED) is 0.531. The molecule has 1 saturated heterocycles. The Morgan fingerprint density at radius 1 is 1.50 bits per heavy atom. The monoisotopic (exact) mass is 260 g/mol. The highest BCUT2D eigenvalue weighted by atomic mass is 16.4. The summed E-state index contributed by atoms with van der Waals surface area (Å²) in [4.78, 5) is 24.0. The lowest BCUT2D eigenvalue weighted by Crippen LogP contribution is -2.53. The number of urea groups is 1. The molecule has 0 bridgehead atoms. The SMILES string of the molecule is CC1CCN(C(=O)NC(CCO)C(=O)O)CC1O. The lowest BCUT2D eigenvalue weighted by molar-refractivity contribution is -0.139. The molecule has 1 fully saturated rings. The first-order valence-corrected chi connectivity index (χ1v) is 6.03. The number of β-amino-alcohol motifs (C(OH)–C–C–N with tert-alkyl or cyclic N) is 1. The molecular weight excluding hydrogens is 240 g/mol. The van der Waals surface area contributed by atoms with Crippen molar-refractivity contribution in [3.63, 3.8) is 0 Å². The predicted octanol–water partition coefficient (Wildman–Crippen LogP) is -0.766. The number of nitrogens with one attached hydrogen (secondary N) is 1. The molecule has 0 aromatic rings. The molecule has 0 radical (unpaired) electrons. The fourth-order valence-electron chi connectivity index (χ4n) is 1.86. The molecule has 0 saturated carbocycles. The molecule has 0 spiro atoms. The normalized spacial score (nSPS) is 25.6. The highest BCUT2D eigenvalue weighted by molar-refractivity contribution is 5.82. The Morgan fingerprint density at radius 3 is 2.67 bits per heavy atom. The van der Waals surface area contributed by atoms with Gasteiger partial charge in [0.25, 0.3) is 0 Å². The summed E-state index contributed by atoms with van der Waals surface area (Å²) in [5, 5.41) is 29.6. The van der Waals surface area contributed by atoms with Crippen LogP contribution >= 0.6 is 0 Å². The number of aliphatic hydroxyl groups excluding tert-OH is 2. The van der Waals surface area contributed by atoms with Crippen LogP contribution in [0, 0.1) is 5.92 Å². The minimum Gasteiger partial charge on any atom is -0.480 e. The molecule has 7 nitrogen and oxygen atoms in total. The van der Waals surface area contributed by atoms with Crippen molar-refractivity contribution in [1.82, 2.24) is 10.2 Å². The van der Waals surface area contributed by atoms with Gasteiger partial charge in [-0.15, -0.1) is 0 Å². The maximum atomic E-state index is 11.8. The summed E-state index contributed by atoms with van der Waals surface area (Å²) in [5.41, 5.74) is 0. The van der Waals surface area contributed by atoms with Crippen molar-refractivity contribution in [2.24, 2.45) is 5.92 Å². The van der Waals surface area contributed by atoms with Crippen LogP contribution in [0.4, 0.5) is 4.79 Å². The van der Waals surface area contributed by atoms with Gasteiger partial charge >= 0.3 is 12.0 Å². The van der Waals surface area contributed by atoms with Crippen molar-refractivity contribution in [1.29, 1.82) is 0 Å². The predicted molar refractivity (Wildman–Crippen MR) is 63.0 cm³/mol. The second-order valence-electron chi connectivity index (χ2n) is 4.63. The Bertz CT molecular complexity index is 310. The molecule has 4 N–H and O–H groups in total. The van der Waals surface area contributed by atoms with Crippen LogP contribution in [0.1, 0.15) is 19.8 Å². The molecule has 104 valence electrons. The molecule has 1 heterocycles. The molecule has 1 aliphatic rings. The zero-order valence-electron chi connectivity index (χ0n) is 10.4. The van der Waals surface area contributed by atoms with Gasteiger partial charge in [0, 0.05) is 26.1 Å². The maximum absolute atomic E-state index is 11.8. The molecule has 3 atom stereocenters. The molecule has 18 heavy (non-hydrogen) atoms. The minimum atomic E-state index is -1.18. The number of hydrogen-bond acceptors (Lipinski definition) is 4. The number of amides is 2. The number of piperidine rings is 1. The zero-order chi connectivity index (χ0) is 13.7. The third-order valence-electron chi connectivity index (χ3n) is 3.22. The molecule has 0 aliphatic carbocycles. The molecular formula is C11H20N2O5. The van der Waals surface area contributed by atoms with Gasteiger partial charge in [-0.25, -0.2) is 9.59 Å². The number of carbonyl (C=O) groups excluding carboxylic acids is 1. The Morgan fingerprint density at radius 2 is 2.17 bits per heavy atom. The van der Waals surface area contributed by atoms with Gasteiger partial charge < -0.3 is 25.5 Å². The highest BCUT2D eigenvalue weighted by Crippen LogP contribution is 2.16. The number of carboxylic acids is 1. The molecule has 1 rings (SSSR count). The first-order chi connectivity index (χ1) is 8.45. The van der Waals surface area contributed by atoms with Crippen LogP contribution in [0.25, 0.3) is 0 Å². The molecule has 7 heteroatoms. The van der Waals surface area contributed by atoms with Gasteiger partial charge in [-0.3, -0.25) is 0 Å². The van der Waals surface area contributed by atoms with Crippen LogP contribution in [0.3, 0.4) is 0 Å². The Hall–Kier alpha value is -1.34. The summed E-state index contributed by atoms with van der Waals surface area (Å²) in [7, 11) is 0. The number of hydrogen-bond donors (Lipinski definition) is 4. The van der Waals surface area contributed by atoms with Crippen LogP contribution in [0.15, 0.2) is 0 Å². The van der Waals surface area contributed by atoms with E-state index in [0.29, 0.717) is 13.0 Å². The molecule has 0 aromatic carbocycles. The van der Waals surface area contributed by atoms with Crippen molar-refractivity contribution in [3.8, 4) is 0 Å². The van der Waals surface area contributed by atoms with Crippen molar-refractivity contribution < 1.29 is 24.9 Å². The topological polar surface area (TPSA) is 110 Å². The van der Waals surface area contributed by atoms with Crippen LogP contribution in [-0.2, 0) is 4.79 Å². The van der Waals surface area contributed by atoms with Gasteiger partial charge in [0.1, 0.15) is 6.04 Å². The number of nitrogens with zero attached hydrogens (tertiary/aromatic N) is 1. The number of carbonyl (C=O) groups is 2. The van der Waals surface area contributed by atoms with E-state index in [4.69, 9.17) is 10.2 Å². The average molecular weight is 260 g/mol. The lowest BCUT2D eigenvalue weighted by Gasteiger charge is -2.34. The molecule has 2 amide bonds. The second-order valence-corrected chi connectivity index (χ2v) is 4.63. The minimum absolute atomic E-state index is 0.0339. The van der Waals surface area contributed by atoms with E-state index in [0.717, 1.165) is 0 Å². The first kappa shape index (κ1) is 14.7. The lowest BCUT2D eigenvalue weighted by atomic mass is 9.96. The van der Waals surface area contributed by atoms with Crippen molar-refractivity contribution >= 4 is 12.0 Å². The van der Waals surface area contributed by atoms with Crippen LogP contribution in [0.5, 0.6) is 0 Å². The highest BCUT2D eigenvalue weighted by Gasteiger charge is 2.29. The van der Waals surface area contributed by atoms with Gasteiger partial charge in [-0.2, -0.15) is 0 Å². The fraction of sp³-hybridized carbons (Fsp3) is 0.818. The summed E-state index contributed by atoms with van der Waals surface area (Å²) in [6.07, 6.45) is 0.0748. The van der Waals surface area contributed by atoms with Crippen molar-refractivity contribution in [2.75, 3.05) is 19.7 Å². The Balaban J connectivity index is 2.51. The van der Waals surface area contributed by atoms with Gasteiger partial charge in [0.15, 0.2) is 0 Å². The van der Waals surface area contributed by atoms with Gasteiger partial charge in [-0.1, -0.05) is 6.92 Å². The maximum Gasteiger partial charge on any atom is 0.326 e. The smallest absolute Gasteiger partial charge is 0.326 e.